The molecule has 1 heterocycles. The van der Waals surface area contributed by atoms with E-state index in [1.165, 1.54) is 0 Å². The number of hydrogen-bond donors (Lipinski definition) is 2. The van der Waals surface area contributed by atoms with Crippen LogP contribution in [0.25, 0.3) is 0 Å². The Hall–Kier alpha value is -1.36. The third kappa shape index (κ3) is 6.14. The quantitative estimate of drug-likeness (QED) is 0.346. The summed E-state index contributed by atoms with van der Waals surface area (Å²) in [4.78, 5) is 4.62. The van der Waals surface area contributed by atoms with Crippen LogP contribution in [0.1, 0.15) is 24.1 Å². The molecule has 0 unspecified atom stereocenters. The van der Waals surface area contributed by atoms with E-state index in [1.54, 1.807) is 7.11 Å². The smallest absolute Gasteiger partial charge is 0.191 e. The lowest BCUT2D eigenvalue weighted by Gasteiger charge is -2.12. The van der Waals surface area contributed by atoms with Gasteiger partial charge in [-0.3, -0.25) is 0 Å². The first-order valence-electron chi connectivity index (χ1n) is 7.74. The van der Waals surface area contributed by atoms with Crippen molar-refractivity contribution >= 4 is 45.9 Å². The van der Waals surface area contributed by atoms with E-state index in [-0.39, 0.29) is 24.0 Å². The fraction of sp³-hybridized carbons (Fsp3) is 0.438. The van der Waals surface area contributed by atoms with E-state index < -0.39 is 0 Å². The Balaban J connectivity index is 0.00000312. The van der Waals surface area contributed by atoms with E-state index in [1.807, 2.05) is 43.7 Å². The molecule has 2 N–H and O–H groups in total. The Morgan fingerprint density at radius 3 is 2.68 bits per heavy atom. The van der Waals surface area contributed by atoms with Crippen molar-refractivity contribution in [3.8, 4) is 5.75 Å². The topological polar surface area (TPSA) is 76.4 Å². The summed E-state index contributed by atoms with van der Waals surface area (Å²) in [5.41, 5.74) is 1.01. The molecular formula is C16H24BrIN6O. The number of guanidine groups is 1. The van der Waals surface area contributed by atoms with Crippen molar-refractivity contribution in [1.29, 1.82) is 0 Å². The SMILES string of the molecule is CCNC(=NCc1cc(Br)ccc1OC)NCc1nnc(C)n1C.I. The van der Waals surface area contributed by atoms with Crippen LogP contribution in [0.15, 0.2) is 27.7 Å². The molecule has 0 aliphatic rings. The van der Waals surface area contributed by atoms with Crippen LogP contribution in [0.2, 0.25) is 0 Å². The van der Waals surface area contributed by atoms with Gasteiger partial charge in [0.2, 0.25) is 0 Å². The van der Waals surface area contributed by atoms with Gasteiger partial charge >= 0.3 is 0 Å². The molecule has 0 aliphatic heterocycles. The van der Waals surface area contributed by atoms with E-state index in [9.17, 15) is 0 Å². The lowest BCUT2D eigenvalue weighted by molar-refractivity contribution is 0.409. The first kappa shape index (κ1) is 21.7. The molecule has 0 amide bonds. The molecule has 0 spiro atoms. The average molecular weight is 523 g/mol. The molecule has 0 saturated heterocycles. The minimum atomic E-state index is 0. The third-order valence-electron chi connectivity index (χ3n) is 3.59. The zero-order valence-electron chi connectivity index (χ0n) is 14.8. The zero-order valence-corrected chi connectivity index (χ0v) is 18.8. The van der Waals surface area contributed by atoms with E-state index >= 15 is 0 Å². The number of benzene rings is 1. The maximum atomic E-state index is 5.39. The minimum absolute atomic E-state index is 0. The fourth-order valence-electron chi connectivity index (χ4n) is 2.14. The highest BCUT2D eigenvalue weighted by Gasteiger charge is 2.07. The molecule has 25 heavy (non-hydrogen) atoms. The predicted octanol–water partition coefficient (Wildman–Crippen LogP) is 2.77. The van der Waals surface area contributed by atoms with Crippen LogP contribution in [-0.4, -0.2) is 34.4 Å². The Labute approximate surface area is 173 Å². The number of nitrogens with one attached hydrogen (secondary N) is 2. The molecule has 7 nitrogen and oxygen atoms in total. The van der Waals surface area contributed by atoms with Crippen molar-refractivity contribution in [2.45, 2.75) is 26.9 Å². The van der Waals surface area contributed by atoms with Gasteiger partial charge in [0.05, 0.1) is 20.2 Å². The molecule has 0 aliphatic carbocycles. The van der Waals surface area contributed by atoms with Crippen LogP contribution < -0.4 is 15.4 Å². The molecule has 0 saturated carbocycles. The first-order valence-corrected chi connectivity index (χ1v) is 8.54. The van der Waals surface area contributed by atoms with Crippen LogP contribution in [0.3, 0.4) is 0 Å². The molecule has 0 atom stereocenters. The molecule has 9 heteroatoms. The van der Waals surface area contributed by atoms with Gasteiger partial charge in [-0.2, -0.15) is 0 Å². The second-order valence-electron chi connectivity index (χ2n) is 5.23. The Kier molecular flexibility index (Phi) is 9.19. The molecular weight excluding hydrogens is 499 g/mol. The van der Waals surface area contributed by atoms with Gasteiger partial charge in [-0.25, -0.2) is 4.99 Å². The van der Waals surface area contributed by atoms with Crippen LogP contribution in [0.4, 0.5) is 0 Å². The first-order chi connectivity index (χ1) is 11.5. The number of hydrogen-bond acceptors (Lipinski definition) is 4. The molecule has 0 bridgehead atoms. The number of rotatable bonds is 6. The number of nitrogens with zero attached hydrogens (tertiary/aromatic N) is 4. The van der Waals surface area contributed by atoms with E-state index in [2.05, 4.69) is 41.8 Å². The van der Waals surface area contributed by atoms with Gasteiger partial charge in [-0.05, 0) is 32.0 Å². The van der Waals surface area contributed by atoms with Gasteiger partial charge in [0.1, 0.15) is 11.6 Å². The third-order valence-corrected chi connectivity index (χ3v) is 4.08. The molecule has 2 rings (SSSR count). The Bertz CT molecular complexity index is 719. The predicted molar refractivity (Wildman–Crippen MR) is 114 cm³/mol. The molecule has 1 aromatic heterocycles. The summed E-state index contributed by atoms with van der Waals surface area (Å²) >= 11 is 3.48. The summed E-state index contributed by atoms with van der Waals surface area (Å²) in [6.45, 7) is 5.80. The van der Waals surface area contributed by atoms with Crippen LogP contribution in [0, 0.1) is 6.92 Å². The summed E-state index contributed by atoms with van der Waals surface area (Å²) in [7, 11) is 3.61. The van der Waals surface area contributed by atoms with Crippen molar-refractivity contribution < 1.29 is 4.74 Å². The summed E-state index contributed by atoms with van der Waals surface area (Å²) in [6, 6.07) is 5.89. The molecule has 0 radical (unpaired) electrons. The normalized spacial score (nSPS) is 11.0. The van der Waals surface area contributed by atoms with Crippen LogP contribution >= 0.6 is 39.9 Å². The summed E-state index contributed by atoms with van der Waals surface area (Å²) in [5, 5.41) is 14.7. The second kappa shape index (κ2) is 10.6. The summed E-state index contributed by atoms with van der Waals surface area (Å²) in [5.74, 6) is 3.28. The van der Waals surface area contributed by atoms with Gasteiger partial charge in [-0.15, -0.1) is 34.2 Å². The van der Waals surface area contributed by atoms with Crippen molar-refractivity contribution in [2.24, 2.45) is 12.0 Å². The van der Waals surface area contributed by atoms with Crippen molar-refractivity contribution in [1.82, 2.24) is 25.4 Å². The summed E-state index contributed by atoms with van der Waals surface area (Å²) < 4.78 is 8.34. The van der Waals surface area contributed by atoms with Gasteiger partial charge in [-0.1, -0.05) is 15.9 Å². The highest BCUT2D eigenvalue weighted by molar-refractivity contribution is 14.0. The second-order valence-corrected chi connectivity index (χ2v) is 6.14. The van der Waals surface area contributed by atoms with Gasteiger partial charge in [0.15, 0.2) is 11.8 Å². The van der Waals surface area contributed by atoms with Gasteiger partial charge in [0.25, 0.3) is 0 Å². The standard InChI is InChI=1S/C16H23BrN6O.HI/c1-5-18-16(20-10-15-22-21-11(2)23(15)3)19-9-12-8-13(17)6-7-14(12)24-4;/h6-8H,5,9-10H2,1-4H3,(H2,18,19,20);1H. The van der Waals surface area contributed by atoms with Crippen LogP contribution in [-0.2, 0) is 20.1 Å². The highest BCUT2D eigenvalue weighted by atomic mass is 127. The number of aliphatic imine (C=N–C) groups is 1. The van der Waals surface area contributed by atoms with Crippen LogP contribution in [0.5, 0.6) is 5.75 Å². The maximum absolute atomic E-state index is 5.39. The highest BCUT2D eigenvalue weighted by Crippen LogP contribution is 2.23. The minimum Gasteiger partial charge on any atom is -0.496 e. The van der Waals surface area contributed by atoms with E-state index in [0.29, 0.717) is 13.1 Å². The van der Waals surface area contributed by atoms with Gasteiger partial charge < -0.3 is 19.9 Å². The fourth-order valence-corrected chi connectivity index (χ4v) is 2.55. The number of ether oxygens (including phenoxy) is 1. The molecule has 2 aromatic rings. The summed E-state index contributed by atoms with van der Waals surface area (Å²) in [6.07, 6.45) is 0. The number of aryl methyl sites for hydroxylation is 1. The van der Waals surface area contributed by atoms with Crippen molar-refractivity contribution in [3.05, 3.63) is 39.9 Å². The number of aromatic nitrogens is 3. The largest absolute Gasteiger partial charge is 0.496 e. The number of halogens is 2. The van der Waals surface area contributed by atoms with Crippen molar-refractivity contribution in [3.63, 3.8) is 0 Å². The molecule has 1 aromatic carbocycles. The zero-order chi connectivity index (χ0) is 17.5. The van der Waals surface area contributed by atoms with E-state index in [4.69, 9.17) is 4.74 Å². The molecule has 138 valence electrons. The monoisotopic (exact) mass is 522 g/mol. The Morgan fingerprint density at radius 2 is 2.08 bits per heavy atom. The molecule has 0 fully saturated rings. The lowest BCUT2D eigenvalue weighted by Crippen LogP contribution is -2.37. The van der Waals surface area contributed by atoms with E-state index in [0.717, 1.165) is 39.9 Å². The maximum Gasteiger partial charge on any atom is 0.191 e. The number of methoxy groups -OCH3 is 1. The average Bonchev–Trinajstić information content (AvgIpc) is 2.89. The van der Waals surface area contributed by atoms with Gasteiger partial charge in [0, 0.05) is 23.6 Å². The Morgan fingerprint density at radius 1 is 1.32 bits per heavy atom. The lowest BCUT2D eigenvalue weighted by atomic mass is 10.2. The van der Waals surface area contributed by atoms with Crippen molar-refractivity contribution in [2.75, 3.05) is 13.7 Å².